The monoisotopic (exact) mass is 266 g/mol. The van der Waals surface area contributed by atoms with E-state index in [1.54, 1.807) is 12.1 Å². The van der Waals surface area contributed by atoms with Crippen molar-refractivity contribution in [2.75, 3.05) is 0 Å². The minimum Gasteiger partial charge on any atom is -0.436 e. The van der Waals surface area contributed by atoms with Crippen molar-refractivity contribution >= 4 is 17.2 Å². The molecule has 0 fully saturated rings. The molecule has 0 amide bonds. The molecule has 1 aromatic heterocycles. The summed E-state index contributed by atoms with van der Waals surface area (Å²) in [5.41, 5.74) is 5.76. The minimum atomic E-state index is -1.07. The van der Waals surface area contributed by atoms with Crippen LogP contribution in [0.5, 0.6) is 11.6 Å². The minimum absolute atomic E-state index is 0.0878. The number of pyridine rings is 1. The van der Waals surface area contributed by atoms with E-state index in [1.807, 2.05) is 0 Å². The quantitative estimate of drug-likeness (QED) is 0.868. The number of benzene rings is 1. The topological polar surface area (TPSA) is 48.1 Å². The molecule has 0 radical (unpaired) electrons. The van der Waals surface area contributed by atoms with Gasteiger partial charge in [-0.15, -0.1) is 0 Å². The summed E-state index contributed by atoms with van der Waals surface area (Å²) in [6, 6.07) is 8.33. The molecular weight excluding hydrogens is 258 g/mol. The van der Waals surface area contributed by atoms with Gasteiger partial charge in [0.1, 0.15) is 10.7 Å². The zero-order chi connectivity index (χ0) is 13.1. The lowest BCUT2D eigenvalue weighted by atomic mass is 10.3. The summed E-state index contributed by atoms with van der Waals surface area (Å²) < 4.78 is 31.5. The highest BCUT2D eigenvalue weighted by atomic mass is 32.1. The first-order valence-corrected chi connectivity index (χ1v) is 5.37. The second kappa shape index (κ2) is 5.05. The maximum atomic E-state index is 13.4. The van der Waals surface area contributed by atoms with Crippen LogP contribution >= 0.6 is 12.2 Å². The van der Waals surface area contributed by atoms with Gasteiger partial charge in [-0.2, -0.15) is 4.39 Å². The average molecular weight is 266 g/mol. The van der Waals surface area contributed by atoms with Crippen LogP contribution in [0.1, 0.15) is 5.69 Å². The number of thiocarbonyl (C=S) groups is 1. The molecule has 2 rings (SSSR count). The fourth-order valence-corrected chi connectivity index (χ4v) is 1.40. The Morgan fingerprint density at radius 3 is 2.61 bits per heavy atom. The Morgan fingerprint density at radius 2 is 1.89 bits per heavy atom. The van der Waals surface area contributed by atoms with Crippen molar-refractivity contribution in [3.8, 4) is 11.6 Å². The molecule has 2 N–H and O–H groups in total. The number of ether oxygens (including phenoxy) is 1. The Labute approximate surface area is 107 Å². The second-order valence-corrected chi connectivity index (χ2v) is 3.82. The molecule has 6 heteroatoms. The fraction of sp³-hybridized carbons (Fsp3) is 0. The zero-order valence-corrected chi connectivity index (χ0v) is 9.88. The fourth-order valence-electron chi connectivity index (χ4n) is 1.28. The van der Waals surface area contributed by atoms with Gasteiger partial charge in [0, 0.05) is 6.07 Å². The Hall–Kier alpha value is -2.08. The molecule has 0 saturated carbocycles. The number of rotatable bonds is 3. The lowest BCUT2D eigenvalue weighted by Gasteiger charge is -2.07. The van der Waals surface area contributed by atoms with Gasteiger partial charge in [-0.05, 0) is 18.2 Å². The molecule has 0 atom stereocenters. The first-order valence-electron chi connectivity index (χ1n) is 4.96. The van der Waals surface area contributed by atoms with Crippen molar-refractivity contribution in [3.05, 3.63) is 53.7 Å². The molecule has 0 aliphatic heterocycles. The van der Waals surface area contributed by atoms with Gasteiger partial charge in [0.15, 0.2) is 11.6 Å². The van der Waals surface area contributed by atoms with E-state index in [0.29, 0.717) is 5.69 Å². The van der Waals surface area contributed by atoms with E-state index < -0.39 is 11.6 Å². The Bertz CT molecular complexity index is 604. The van der Waals surface area contributed by atoms with Crippen molar-refractivity contribution in [3.63, 3.8) is 0 Å². The molecule has 2 aromatic rings. The van der Waals surface area contributed by atoms with Crippen molar-refractivity contribution in [2.45, 2.75) is 0 Å². The van der Waals surface area contributed by atoms with Crippen LogP contribution in [-0.4, -0.2) is 9.97 Å². The third-order valence-corrected chi connectivity index (χ3v) is 2.32. The number of halogens is 2. The van der Waals surface area contributed by atoms with Gasteiger partial charge in [-0.25, -0.2) is 9.37 Å². The highest BCUT2D eigenvalue weighted by Crippen LogP contribution is 2.24. The SMILES string of the molecule is NC(=S)c1cccc(Oc2cccc(F)c2F)n1. The highest BCUT2D eigenvalue weighted by molar-refractivity contribution is 7.80. The predicted octanol–water partition coefficient (Wildman–Crippen LogP) is 2.79. The van der Waals surface area contributed by atoms with Crippen molar-refractivity contribution in [1.82, 2.24) is 4.98 Å². The number of hydrogen-bond acceptors (Lipinski definition) is 3. The zero-order valence-electron chi connectivity index (χ0n) is 9.06. The van der Waals surface area contributed by atoms with E-state index in [2.05, 4.69) is 4.98 Å². The van der Waals surface area contributed by atoms with E-state index in [1.165, 1.54) is 18.2 Å². The van der Waals surface area contributed by atoms with Crippen LogP contribution in [-0.2, 0) is 0 Å². The smallest absolute Gasteiger partial charge is 0.220 e. The number of aromatic nitrogens is 1. The van der Waals surface area contributed by atoms with Gasteiger partial charge in [0.2, 0.25) is 11.7 Å². The van der Waals surface area contributed by atoms with Crippen LogP contribution in [0.2, 0.25) is 0 Å². The highest BCUT2D eigenvalue weighted by Gasteiger charge is 2.10. The average Bonchev–Trinajstić information content (AvgIpc) is 2.35. The standard InChI is InChI=1S/C12H8F2N2OS/c13-7-3-1-5-9(11(7)14)17-10-6-2-4-8(16-10)12(15)18/h1-6H,(H2,15,18). The number of nitrogens with zero attached hydrogens (tertiary/aromatic N) is 1. The van der Waals surface area contributed by atoms with E-state index in [0.717, 1.165) is 6.07 Å². The maximum absolute atomic E-state index is 13.4. The Morgan fingerprint density at radius 1 is 1.17 bits per heavy atom. The third kappa shape index (κ3) is 2.60. The molecule has 0 saturated heterocycles. The lowest BCUT2D eigenvalue weighted by Crippen LogP contribution is -2.11. The molecule has 0 aliphatic rings. The van der Waals surface area contributed by atoms with Crippen molar-refractivity contribution in [2.24, 2.45) is 5.73 Å². The normalized spacial score (nSPS) is 10.1. The summed E-state index contributed by atoms with van der Waals surface area (Å²) in [5, 5.41) is 0. The van der Waals surface area contributed by atoms with Crippen molar-refractivity contribution < 1.29 is 13.5 Å². The van der Waals surface area contributed by atoms with Crippen LogP contribution in [0.4, 0.5) is 8.78 Å². The maximum Gasteiger partial charge on any atom is 0.220 e. The number of nitrogens with two attached hydrogens (primary N) is 1. The molecular formula is C12H8F2N2OS. The van der Waals surface area contributed by atoms with Crippen molar-refractivity contribution in [1.29, 1.82) is 0 Å². The lowest BCUT2D eigenvalue weighted by molar-refractivity contribution is 0.405. The summed E-state index contributed by atoms with van der Waals surface area (Å²) in [5.74, 6) is -2.22. The predicted molar refractivity (Wildman–Crippen MR) is 66.6 cm³/mol. The summed E-state index contributed by atoms with van der Waals surface area (Å²) in [4.78, 5) is 4.06. The molecule has 18 heavy (non-hydrogen) atoms. The molecule has 92 valence electrons. The largest absolute Gasteiger partial charge is 0.436 e. The summed E-state index contributed by atoms with van der Waals surface area (Å²) >= 11 is 4.76. The van der Waals surface area contributed by atoms with Gasteiger partial charge < -0.3 is 10.5 Å². The van der Waals surface area contributed by atoms with E-state index in [-0.39, 0.29) is 16.6 Å². The van der Waals surface area contributed by atoms with Crippen LogP contribution in [0.25, 0.3) is 0 Å². The molecule has 0 unspecified atom stereocenters. The Kier molecular flexibility index (Phi) is 3.47. The van der Waals surface area contributed by atoms with Crippen LogP contribution in [0.15, 0.2) is 36.4 Å². The summed E-state index contributed by atoms with van der Waals surface area (Å²) in [6.07, 6.45) is 0. The first-order chi connectivity index (χ1) is 8.58. The van der Waals surface area contributed by atoms with Crippen LogP contribution in [0, 0.1) is 11.6 Å². The van der Waals surface area contributed by atoms with Crippen LogP contribution in [0.3, 0.4) is 0 Å². The molecule has 3 nitrogen and oxygen atoms in total. The summed E-state index contributed by atoms with van der Waals surface area (Å²) in [6.45, 7) is 0. The van der Waals surface area contributed by atoms with Gasteiger partial charge in [-0.3, -0.25) is 0 Å². The van der Waals surface area contributed by atoms with E-state index in [4.69, 9.17) is 22.7 Å². The number of hydrogen-bond donors (Lipinski definition) is 1. The third-order valence-electron chi connectivity index (χ3n) is 2.11. The molecule has 1 aromatic carbocycles. The molecule has 0 aliphatic carbocycles. The van der Waals surface area contributed by atoms with Gasteiger partial charge in [0.05, 0.1) is 0 Å². The van der Waals surface area contributed by atoms with Gasteiger partial charge >= 0.3 is 0 Å². The van der Waals surface area contributed by atoms with Gasteiger partial charge in [0.25, 0.3) is 0 Å². The second-order valence-electron chi connectivity index (χ2n) is 3.38. The van der Waals surface area contributed by atoms with Gasteiger partial charge in [-0.1, -0.05) is 24.4 Å². The molecule has 0 bridgehead atoms. The van der Waals surface area contributed by atoms with Crippen LogP contribution < -0.4 is 10.5 Å². The Balaban J connectivity index is 2.31. The molecule has 0 spiro atoms. The van der Waals surface area contributed by atoms with E-state index >= 15 is 0 Å². The first kappa shape index (κ1) is 12.4. The molecule has 1 heterocycles. The summed E-state index contributed by atoms with van der Waals surface area (Å²) in [7, 11) is 0. The van der Waals surface area contributed by atoms with E-state index in [9.17, 15) is 8.78 Å².